The van der Waals surface area contributed by atoms with Gasteiger partial charge in [-0.05, 0) is 42.9 Å². The Morgan fingerprint density at radius 1 is 1.21 bits per heavy atom. The van der Waals surface area contributed by atoms with Crippen LogP contribution in [0.2, 0.25) is 5.02 Å². The van der Waals surface area contributed by atoms with Crippen LogP contribution in [-0.2, 0) is 16.6 Å². The quantitative estimate of drug-likeness (QED) is 0.643. The fourth-order valence-electron chi connectivity index (χ4n) is 3.41. The summed E-state index contributed by atoms with van der Waals surface area (Å²) in [7, 11) is -2.18. The van der Waals surface area contributed by atoms with Gasteiger partial charge in [-0.2, -0.15) is 0 Å². The number of aromatic nitrogens is 1. The summed E-state index contributed by atoms with van der Waals surface area (Å²) < 4.78 is 42.4. The molecule has 2 N–H and O–H groups in total. The topological polar surface area (TPSA) is 63.1 Å². The minimum Gasteiger partial charge on any atom is -0.301 e. The number of rotatable bonds is 4. The molecule has 0 aliphatic carbocycles. The fraction of sp³-hybridized carbons (Fsp3) is 0.158. The molecule has 1 atom stereocenters. The third-order valence-electron chi connectivity index (χ3n) is 4.68. The van der Waals surface area contributed by atoms with Crippen molar-refractivity contribution in [2.75, 3.05) is 7.05 Å². The first-order chi connectivity index (χ1) is 12.9. The zero-order valence-electron chi connectivity index (χ0n) is 14.8. The SMILES string of the molecule is CNC1NCc2c1cn(S(=O)(=O)c1cccc(Cl)c1)c2-c1ccccc1F.Cl. The Morgan fingerprint density at radius 2 is 1.96 bits per heavy atom. The average molecular weight is 442 g/mol. The van der Waals surface area contributed by atoms with Gasteiger partial charge in [-0.25, -0.2) is 16.8 Å². The molecule has 2 aromatic carbocycles. The second-order valence-electron chi connectivity index (χ2n) is 6.25. The Kier molecular flexibility index (Phi) is 5.84. The van der Waals surface area contributed by atoms with Crippen molar-refractivity contribution in [1.82, 2.24) is 14.6 Å². The van der Waals surface area contributed by atoms with Crippen LogP contribution < -0.4 is 10.6 Å². The van der Waals surface area contributed by atoms with E-state index in [0.717, 1.165) is 15.1 Å². The first-order valence-corrected chi connectivity index (χ1v) is 10.2. The van der Waals surface area contributed by atoms with Gasteiger partial charge >= 0.3 is 0 Å². The number of hydrogen-bond donors (Lipinski definition) is 2. The molecule has 2 heterocycles. The lowest BCUT2D eigenvalue weighted by atomic mass is 10.1. The molecule has 1 aromatic heterocycles. The first kappa shape index (κ1) is 20.8. The molecule has 0 saturated heterocycles. The van der Waals surface area contributed by atoms with Crippen LogP contribution in [0.5, 0.6) is 0 Å². The average Bonchev–Trinajstić information content (AvgIpc) is 3.21. The molecule has 1 aliphatic heterocycles. The number of nitrogens with one attached hydrogen (secondary N) is 2. The van der Waals surface area contributed by atoms with E-state index in [4.69, 9.17) is 11.6 Å². The van der Waals surface area contributed by atoms with Crippen LogP contribution in [0.25, 0.3) is 11.3 Å². The molecule has 0 spiro atoms. The summed E-state index contributed by atoms with van der Waals surface area (Å²) in [5.74, 6) is -0.478. The highest BCUT2D eigenvalue weighted by Crippen LogP contribution is 2.38. The van der Waals surface area contributed by atoms with Crippen molar-refractivity contribution >= 4 is 34.0 Å². The highest BCUT2D eigenvalue weighted by molar-refractivity contribution is 7.90. The highest BCUT2D eigenvalue weighted by Gasteiger charge is 2.33. The van der Waals surface area contributed by atoms with Gasteiger partial charge in [0.25, 0.3) is 10.0 Å². The van der Waals surface area contributed by atoms with E-state index in [2.05, 4.69) is 10.6 Å². The van der Waals surface area contributed by atoms with Gasteiger partial charge < -0.3 is 5.32 Å². The molecule has 5 nitrogen and oxygen atoms in total. The van der Waals surface area contributed by atoms with Gasteiger partial charge in [-0.3, -0.25) is 5.32 Å². The third kappa shape index (κ3) is 3.33. The van der Waals surface area contributed by atoms with E-state index in [-0.39, 0.29) is 29.0 Å². The smallest absolute Gasteiger partial charge is 0.268 e. The van der Waals surface area contributed by atoms with Crippen LogP contribution in [0.1, 0.15) is 17.3 Å². The Morgan fingerprint density at radius 3 is 2.64 bits per heavy atom. The van der Waals surface area contributed by atoms with Crippen molar-refractivity contribution in [2.24, 2.45) is 0 Å². The molecule has 0 fully saturated rings. The number of hydrogen-bond acceptors (Lipinski definition) is 4. The lowest BCUT2D eigenvalue weighted by molar-refractivity contribution is 0.512. The maximum Gasteiger partial charge on any atom is 0.268 e. The molecule has 3 aromatic rings. The van der Waals surface area contributed by atoms with E-state index >= 15 is 0 Å². The molecular formula is C19H18Cl2FN3O2S. The summed E-state index contributed by atoms with van der Waals surface area (Å²) in [4.78, 5) is 0.0511. The summed E-state index contributed by atoms with van der Waals surface area (Å²) in [6.45, 7) is 0.433. The Labute approximate surface area is 174 Å². The van der Waals surface area contributed by atoms with Gasteiger partial charge in [-0.15, -0.1) is 12.4 Å². The van der Waals surface area contributed by atoms with Crippen LogP contribution in [0.3, 0.4) is 0 Å². The summed E-state index contributed by atoms with van der Waals surface area (Å²) in [6, 6.07) is 12.2. The molecule has 0 saturated carbocycles. The van der Waals surface area contributed by atoms with E-state index in [0.29, 0.717) is 17.3 Å². The van der Waals surface area contributed by atoms with Crippen molar-refractivity contribution in [2.45, 2.75) is 17.6 Å². The molecule has 1 unspecified atom stereocenters. The first-order valence-electron chi connectivity index (χ1n) is 8.34. The van der Waals surface area contributed by atoms with Crippen molar-refractivity contribution < 1.29 is 12.8 Å². The van der Waals surface area contributed by atoms with Crippen molar-refractivity contribution in [1.29, 1.82) is 0 Å². The zero-order valence-corrected chi connectivity index (χ0v) is 17.2. The van der Waals surface area contributed by atoms with Gasteiger partial charge in [0.15, 0.2) is 0 Å². The van der Waals surface area contributed by atoms with Crippen LogP contribution in [0.4, 0.5) is 4.39 Å². The Hall–Kier alpha value is -1.90. The van der Waals surface area contributed by atoms with Gasteiger partial charge in [0.05, 0.1) is 16.8 Å². The minimum absolute atomic E-state index is 0. The van der Waals surface area contributed by atoms with E-state index < -0.39 is 15.8 Å². The van der Waals surface area contributed by atoms with Crippen molar-refractivity contribution in [3.63, 3.8) is 0 Å². The molecule has 28 heavy (non-hydrogen) atoms. The van der Waals surface area contributed by atoms with Gasteiger partial charge in [0.1, 0.15) is 5.82 Å². The normalized spacial score (nSPS) is 15.9. The standard InChI is InChI=1S/C19H17ClFN3O2S.ClH/c1-22-19-16-11-24(27(25,26)13-6-4-5-12(20)9-13)18(15(16)10-23-19)14-7-2-3-8-17(14)21;/h2-9,11,19,22-23H,10H2,1H3;1H. The van der Waals surface area contributed by atoms with Crippen LogP contribution in [0.15, 0.2) is 59.6 Å². The maximum atomic E-state index is 14.6. The maximum absolute atomic E-state index is 14.6. The Bertz CT molecular complexity index is 1130. The minimum atomic E-state index is -3.96. The number of benzene rings is 2. The van der Waals surface area contributed by atoms with Crippen LogP contribution >= 0.6 is 24.0 Å². The second-order valence-corrected chi connectivity index (χ2v) is 8.50. The number of nitrogens with zero attached hydrogens (tertiary/aromatic N) is 1. The van der Waals surface area contributed by atoms with E-state index in [1.807, 2.05) is 0 Å². The van der Waals surface area contributed by atoms with Gasteiger partial charge in [-0.1, -0.05) is 29.8 Å². The van der Waals surface area contributed by atoms with E-state index in [1.165, 1.54) is 18.2 Å². The summed E-state index contributed by atoms with van der Waals surface area (Å²) in [5, 5.41) is 6.66. The highest BCUT2D eigenvalue weighted by atomic mass is 35.5. The van der Waals surface area contributed by atoms with Crippen LogP contribution in [0, 0.1) is 5.82 Å². The molecule has 148 valence electrons. The van der Waals surface area contributed by atoms with Gasteiger partial charge in [0.2, 0.25) is 0 Å². The summed E-state index contributed by atoms with van der Waals surface area (Å²) in [6.07, 6.45) is 1.34. The molecule has 0 bridgehead atoms. The summed E-state index contributed by atoms with van der Waals surface area (Å²) in [5.41, 5.74) is 2.10. The van der Waals surface area contributed by atoms with Gasteiger partial charge in [0, 0.05) is 28.9 Å². The molecular weight excluding hydrogens is 424 g/mol. The molecule has 0 radical (unpaired) electrons. The molecule has 1 aliphatic rings. The largest absolute Gasteiger partial charge is 0.301 e. The predicted octanol–water partition coefficient (Wildman–Crippen LogP) is 3.93. The third-order valence-corrected chi connectivity index (χ3v) is 6.57. The fourth-order valence-corrected chi connectivity index (χ4v) is 5.12. The van der Waals surface area contributed by atoms with Crippen LogP contribution in [-0.4, -0.2) is 19.4 Å². The monoisotopic (exact) mass is 441 g/mol. The molecule has 0 amide bonds. The van der Waals surface area contributed by atoms with E-state index in [9.17, 15) is 12.8 Å². The second kappa shape index (κ2) is 7.85. The zero-order chi connectivity index (χ0) is 19.2. The summed E-state index contributed by atoms with van der Waals surface area (Å²) >= 11 is 5.99. The molecule has 9 heteroatoms. The Balaban J connectivity index is 0.00000225. The van der Waals surface area contributed by atoms with Crippen molar-refractivity contribution in [3.05, 3.63) is 76.7 Å². The predicted molar refractivity (Wildman–Crippen MR) is 110 cm³/mol. The van der Waals surface area contributed by atoms with Crippen molar-refractivity contribution in [3.8, 4) is 11.3 Å². The number of halogens is 3. The lowest BCUT2D eigenvalue weighted by Gasteiger charge is -2.14. The molecule has 4 rings (SSSR count). The number of fused-ring (bicyclic) bond motifs is 1. The van der Waals surface area contributed by atoms with E-state index in [1.54, 1.807) is 43.6 Å². The lowest BCUT2D eigenvalue weighted by Crippen LogP contribution is -2.26.